The van der Waals surface area contributed by atoms with E-state index in [9.17, 15) is 13.2 Å². The predicted octanol–water partition coefficient (Wildman–Crippen LogP) is 3.00. The molecule has 9 nitrogen and oxygen atoms in total. The van der Waals surface area contributed by atoms with Crippen LogP contribution in [0.2, 0.25) is 0 Å². The molecule has 0 spiro atoms. The Bertz CT molecular complexity index is 1360. The van der Waals surface area contributed by atoms with Gasteiger partial charge in [0.2, 0.25) is 10.0 Å². The summed E-state index contributed by atoms with van der Waals surface area (Å²) in [5.74, 6) is 0.516. The molecule has 0 atom stereocenters. The van der Waals surface area contributed by atoms with E-state index in [-0.39, 0.29) is 10.5 Å². The first kappa shape index (κ1) is 25.4. The van der Waals surface area contributed by atoms with Crippen LogP contribution >= 0.6 is 0 Å². The van der Waals surface area contributed by atoms with Crippen molar-refractivity contribution in [1.82, 2.24) is 24.0 Å². The highest BCUT2D eigenvalue weighted by molar-refractivity contribution is 7.89. The highest BCUT2D eigenvalue weighted by atomic mass is 32.2. The Labute approximate surface area is 206 Å². The third kappa shape index (κ3) is 5.14. The van der Waals surface area contributed by atoms with E-state index in [4.69, 9.17) is 4.74 Å². The molecule has 1 N–H and O–H groups in total. The van der Waals surface area contributed by atoms with Crippen LogP contribution in [0.3, 0.4) is 0 Å². The summed E-state index contributed by atoms with van der Waals surface area (Å²) in [5, 5.41) is 5.30. The number of hydrogen-bond acceptors (Lipinski definition) is 6. The molecule has 3 heterocycles. The Balaban J connectivity index is 1.75. The summed E-state index contributed by atoms with van der Waals surface area (Å²) in [7, 11) is -0.345. The van der Waals surface area contributed by atoms with Crippen molar-refractivity contribution in [3.8, 4) is 17.0 Å². The zero-order chi connectivity index (χ0) is 25.2. The number of aromatic nitrogens is 3. The van der Waals surface area contributed by atoms with E-state index in [1.807, 2.05) is 13.0 Å². The number of pyridine rings is 1. The van der Waals surface area contributed by atoms with Crippen LogP contribution in [-0.2, 0) is 23.5 Å². The van der Waals surface area contributed by atoms with Crippen LogP contribution in [0.25, 0.3) is 22.2 Å². The van der Waals surface area contributed by atoms with E-state index >= 15 is 0 Å². The minimum atomic E-state index is -3.72. The summed E-state index contributed by atoms with van der Waals surface area (Å²) in [4.78, 5) is 18.4. The monoisotopic (exact) mass is 501 g/mol. The molecule has 0 saturated carbocycles. The molecule has 2 aromatic heterocycles. The Morgan fingerprint density at radius 3 is 2.60 bits per heavy atom. The Morgan fingerprint density at radius 1 is 1.17 bits per heavy atom. The van der Waals surface area contributed by atoms with Gasteiger partial charge in [-0.15, -0.1) is 0 Å². The van der Waals surface area contributed by atoms with E-state index in [1.54, 1.807) is 37.0 Å². The Kier molecular flexibility index (Phi) is 7.63. The van der Waals surface area contributed by atoms with Crippen LogP contribution in [0, 0.1) is 0 Å². The van der Waals surface area contributed by atoms with Gasteiger partial charge in [0.15, 0.2) is 0 Å². The molecule has 0 unspecified atom stereocenters. The molecule has 1 aliphatic heterocycles. The summed E-state index contributed by atoms with van der Waals surface area (Å²) < 4.78 is 35.6. The standard InChI is InChI=1S/C25H35N5O4S/c1-5-9-21-20-17-22(26-25(31)24(20)29(4)27-21)19-16-18(10-11-23(19)34-6-2)35(32,33)28(3)14-15-30-12-7-8-13-30/h10-11,16-17H,5-9,12-15H2,1-4H3,(H,26,31). The van der Waals surface area contributed by atoms with E-state index in [0.717, 1.165) is 49.9 Å². The van der Waals surface area contributed by atoms with Gasteiger partial charge in [-0.2, -0.15) is 9.40 Å². The van der Waals surface area contributed by atoms with E-state index in [2.05, 4.69) is 21.9 Å². The topological polar surface area (TPSA) is 101 Å². The average Bonchev–Trinajstić information content (AvgIpc) is 3.46. The van der Waals surface area contributed by atoms with Gasteiger partial charge in [0.25, 0.3) is 5.56 Å². The maximum Gasteiger partial charge on any atom is 0.274 e. The largest absolute Gasteiger partial charge is 0.493 e. The van der Waals surface area contributed by atoms with E-state index in [0.29, 0.717) is 42.2 Å². The van der Waals surface area contributed by atoms with Crippen LogP contribution in [0.1, 0.15) is 38.8 Å². The SMILES string of the molecule is CCCc1nn(C)c2c(=O)[nH]c(-c3cc(S(=O)(=O)N(C)CCN4CCCC4)ccc3OCC)cc12. The highest BCUT2D eigenvalue weighted by Crippen LogP contribution is 2.33. The first-order valence-corrected chi connectivity index (χ1v) is 13.7. The lowest BCUT2D eigenvalue weighted by molar-refractivity contribution is 0.310. The number of nitrogens with zero attached hydrogens (tertiary/aromatic N) is 4. The second-order valence-corrected chi connectivity index (χ2v) is 11.1. The summed E-state index contributed by atoms with van der Waals surface area (Å²) >= 11 is 0. The molecule has 1 aromatic carbocycles. The quantitative estimate of drug-likeness (QED) is 0.458. The molecular weight excluding hydrogens is 466 g/mol. The number of rotatable bonds is 10. The zero-order valence-electron chi connectivity index (χ0n) is 21.0. The molecule has 1 aliphatic rings. The van der Waals surface area contributed by atoms with Gasteiger partial charge in [0.05, 0.1) is 22.9 Å². The fraction of sp³-hybridized carbons (Fsp3) is 0.520. The maximum atomic E-state index is 13.4. The normalized spacial score (nSPS) is 14.9. The van der Waals surface area contributed by atoms with Crippen LogP contribution in [0.15, 0.2) is 34.0 Å². The maximum absolute atomic E-state index is 13.4. The predicted molar refractivity (Wildman–Crippen MR) is 137 cm³/mol. The first-order valence-electron chi connectivity index (χ1n) is 12.3. The van der Waals surface area contributed by atoms with Crippen molar-refractivity contribution in [1.29, 1.82) is 0 Å². The summed E-state index contributed by atoms with van der Waals surface area (Å²) in [6.45, 7) is 7.52. The minimum Gasteiger partial charge on any atom is -0.493 e. The third-order valence-corrected chi connectivity index (χ3v) is 8.43. The fourth-order valence-electron chi connectivity index (χ4n) is 4.70. The van der Waals surface area contributed by atoms with Crippen molar-refractivity contribution in [3.63, 3.8) is 0 Å². The smallest absolute Gasteiger partial charge is 0.274 e. The molecule has 1 fully saturated rings. The lowest BCUT2D eigenvalue weighted by atomic mass is 10.1. The molecule has 1 saturated heterocycles. The van der Waals surface area contributed by atoms with Crippen LogP contribution in [0.5, 0.6) is 5.75 Å². The molecule has 0 radical (unpaired) electrons. The summed E-state index contributed by atoms with van der Waals surface area (Å²) in [5.41, 5.74) is 2.12. The van der Waals surface area contributed by atoms with Gasteiger partial charge in [-0.3, -0.25) is 9.48 Å². The second-order valence-electron chi connectivity index (χ2n) is 9.06. The molecular formula is C25H35N5O4S. The van der Waals surface area contributed by atoms with Gasteiger partial charge in [-0.05, 0) is 63.5 Å². The number of fused-ring (bicyclic) bond motifs is 1. The number of likely N-dealkylation sites (N-methyl/N-ethyl adjacent to an activating group) is 1. The van der Waals surface area contributed by atoms with E-state index < -0.39 is 10.0 Å². The number of H-pyrrole nitrogens is 1. The summed E-state index contributed by atoms with van der Waals surface area (Å²) in [6, 6.07) is 6.71. The first-order chi connectivity index (χ1) is 16.8. The molecule has 10 heteroatoms. The van der Waals surface area contributed by atoms with Gasteiger partial charge in [-0.25, -0.2) is 8.42 Å². The van der Waals surface area contributed by atoms with Crippen LogP contribution in [0.4, 0.5) is 0 Å². The van der Waals surface area contributed by atoms with Gasteiger partial charge >= 0.3 is 0 Å². The third-order valence-electron chi connectivity index (χ3n) is 6.58. The molecule has 0 amide bonds. The van der Waals surface area contributed by atoms with E-state index in [1.165, 1.54) is 4.31 Å². The molecule has 3 aromatic rings. The van der Waals surface area contributed by atoms with Crippen molar-refractivity contribution >= 4 is 20.9 Å². The van der Waals surface area contributed by atoms with Gasteiger partial charge in [0, 0.05) is 38.1 Å². The number of likely N-dealkylation sites (tertiary alicyclic amines) is 1. The number of hydrogen-bond donors (Lipinski definition) is 1. The lowest BCUT2D eigenvalue weighted by Gasteiger charge is -2.22. The van der Waals surface area contributed by atoms with Crippen molar-refractivity contribution in [2.24, 2.45) is 7.05 Å². The molecule has 0 bridgehead atoms. The molecule has 190 valence electrons. The summed E-state index contributed by atoms with van der Waals surface area (Å²) in [6.07, 6.45) is 3.97. The van der Waals surface area contributed by atoms with Crippen molar-refractivity contribution in [2.45, 2.75) is 44.4 Å². The highest BCUT2D eigenvalue weighted by Gasteiger charge is 2.24. The number of aromatic amines is 1. The Morgan fingerprint density at radius 2 is 1.91 bits per heavy atom. The van der Waals surface area contributed by atoms with Gasteiger partial charge in [-0.1, -0.05) is 13.3 Å². The lowest BCUT2D eigenvalue weighted by Crippen LogP contribution is -2.35. The second kappa shape index (κ2) is 10.5. The van der Waals surface area contributed by atoms with Gasteiger partial charge in [0.1, 0.15) is 11.3 Å². The van der Waals surface area contributed by atoms with Crippen LogP contribution < -0.4 is 10.3 Å². The molecule has 35 heavy (non-hydrogen) atoms. The fourth-order valence-corrected chi connectivity index (χ4v) is 5.88. The molecule has 0 aliphatic carbocycles. The average molecular weight is 502 g/mol. The number of ether oxygens (including phenoxy) is 1. The van der Waals surface area contributed by atoms with Crippen molar-refractivity contribution in [3.05, 3.63) is 40.3 Å². The van der Waals surface area contributed by atoms with Crippen molar-refractivity contribution < 1.29 is 13.2 Å². The van der Waals surface area contributed by atoms with Crippen LogP contribution in [-0.4, -0.2) is 72.2 Å². The molecule has 4 rings (SSSR count). The number of nitrogens with one attached hydrogen (secondary N) is 1. The minimum absolute atomic E-state index is 0.167. The number of benzene rings is 1. The number of sulfonamides is 1. The number of aryl methyl sites for hydroxylation is 2. The van der Waals surface area contributed by atoms with Gasteiger partial charge < -0.3 is 14.6 Å². The Hall–Kier alpha value is -2.69. The van der Waals surface area contributed by atoms with Crippen molar-refractivity contribution in [2.75, 3.05) is 39.8 Å². The zero-order valence-corrected chi connectivity index (χ0v) is 21.8.